The minimum absolute atomic E-state index is 0.0700. The molecule has 3 aromatic heterocycles. The van der Waals surface area contributed by atoms with Crippen molar-refractivity contribution in [2.75, 3.05) is 4.90 Å². The Morgan fingerprint density at radius 1 is 1.24 bits per heavy atom. The zero-order valence-electron chi connectivity index (χ0n) is 16.3. The van der Waals surface area contributed by atoms with Gasteiger partial charge in [-0.05, 0) is 56.2 Å². The quantitative estimate of drug-likeness (QED) is 0.436. The number of nitrogens with zero attached hydrogens (tertiary/aromatic N) is 5. The Balaban J connectivity index is 1.81. The lowest BCUT2D eigenvalue weighted by atomic mass is 10.2. The van der Waals surface area contributed by atoms with Crippen molar-refractivity contribution in [3.63, 3.8) is 0 Å². The topological polar surface area (TPSA) is 63.9 Å². The third-order valence-electron chi connectivity index (χ3n) is 4.65. The summed E-state index contributed by atoms with van der Waals surface area (Å²) in [6.45, 7) is 6.30. The lowest BCUT2D eigenvalue weighted by Gasteiger charge is -2.21. The van der Waals surface area contributed by atoms with Crippen molar-refractivity contribution in [1.29, 1.82) is 0 Å². The maximum atomic E-state index is 13.6. The average Bonchev–Trinajstić information content (AvgIpc) is 3.37. The van der Waals surface area contributed by atoms with Crippen LogP contribution in [0.25, 0.3) is 10.2 Å². The van der Waals surface area contributed by atoms with Gasteiger partial charge in [-0.25, -0.2) is 4.98 Å². The molecule has 4 rings (SSSR count). The van der Waals surface area contributed by atoms with E-state index >= 15 is 0 Å². The monoisotopic (exact) mass is 425 g/mol. The van der Waals surface area contributed by atoms with Gasteiger partial charge >= 0.3 is 0 Å². The second kappa shape index (κ2) is 7.93. The van der Waals surface area contributed by atoms with Gasteiger partial charge in [0.2, 0.25) is 0 Å². The van der Waals surface area contributed by atoms with Crippen LogP contribution in [0.15, 0.2) is 48.9 Å². The van der Waals surface area contributed by atoms with Gasteiger partial charge < -0.3 is 0 Å². The lowest BCUT2D eigenvalue weighted by molar-refractivity contribution is 0.0973. The summed E-state index contributed by atoms with van der Waals surface area (Å²) < 4.78 is 2.72. The minimum atomic E-state index is -0.150. The lowest BCUT2D eigenvalue weighted by Crippen LogP contribution is -2.32. The molecule has 0 aliphatic rings. The first kappa shape index (κ1) is 19.5. The van der Waals surface area contributed by atoms with Gasteiger partial charge in [-0.1, -0.05) is 29.0 Å². The fourth-order valence-corrected chi connectivity index (χ4v) is 4.31. The van der Waals surface area contributed by atoms with Gasteiger partial charge in [-0.2, -0.15) is 5.10 Å². The molecule has 0 atom stereocenters. The smallest absolute Gasteiger partial charge is 0.278 e. The highest BCUT2D eigenvalue weighted by atomic mass is 35.5. The molecule has 0 aliphatic heterocycles. The van der Waals surface area contributed by atoms with E-state index in [9.17, 15) is 4.79 Å². The summed E-state index contributed by atoms with van der Waals surface area (Å²) in [5.74, 6) is -0.150. The number of fused-ring (bicyclic) bond motifs is 1. The highest BCUT2D eigenvalue weighted by molar-refractivity contribution is 7.22. The molecule has 0 saturated carbocycles. The Morgan fingerprint density at radius 3 is 2.79 bits per heavy atom. The molecule has 0 spiro atoms. The number of carbonyl (C=O) groups is 1. The SMILES string of the molecule is Cc1c(Cl)ccc2sc(N(Cc3cccnc3)C(=O)c3ccnn3C(C)C)nc12. The number of benzene rings is 1. The third-order valence-corrected chi connectivity index (χ3v) is 6.11. The molecule has 1 amide bonds. The van der Waals surface area contributed by atoms with Gasteiger partial charge in [0.15, 0.2) is 5.13 Å². The molecule has 29 heavy (non-hydrogen) atoms. The zero-order valence-corrected chi connectivity index (χ0v) is 17.9. The normalized spacial score (nSPS) is 11.3. The molecule has 0 saturated heterocycles. The number of carbonyl (C=O) groups excluding carboxylic acids is 1. The number of rotatable bonds is 5. The number of amides is 1. The van der Waals surface area contributed by atoms with Gasteiger partial charge in [-0.3, -0.25) is 19.4 Å². The molecule has 0 bridgehead atoms. The molecule has 3 heterocycles. The molecule has 0 N–H and O–H groups in total. The van der Waals surface area contributed by atoms with Gasteiger partial charge in [0, 0.05) is 29.7 Å². The maximum absolute atomic E-state index is 13.6. The molecule has 6 nitrogen and oxygen atoms in total. The van der Waals surface area contributed by atoms with E-state index in [-0.39, 0.29) is 11.9 Å². The van der Waals surface area contributed by atoms with Gasteiger partial charge in [0.25, 0.3) is 5.91 Å². The Morgan fingerprint density at radius 2 is 2.07 bits per heavy atom. The van der Waals surface area contributed by atoms with E-state index in [1.54, 1.807) is 34.2 Å². The molecule has 148 valence electrons. The van der Waals surface area contributed by atoms with E-state index in [2.05, 4.69) is 10.1 Å². The van der Waals surface area contributed by atoms with Gasteiger partial charge in [-0.15, -0.1) is 0 Å². The number of pyridine rings is 1. The van der Waals surface area contributed by atoms with Crippen LogP contribution in [0.3, 0.4) is 0 Å². The van der Waals surface area contributed by atoms with Crippen LogP contribution < -0.4 is 4.90 Å². The molecule has 0 radical (unpaired) electrons. The highest BCUT2D eigenvalue weighted by Gasteiger charge is 2.25. The number of hydrogen-bond acceptors (Lipinski definition) is 5. The van der Waals surface area contributed by atoms with Crippen LogP contribution in [0.5, 0.6) is 0 Å². The standard InChI is InChI=1S/C21H20ClN5OS/c1-13(2)27-17(8-10-24-27)20(28)26(12-15-5-4-9-23-11-15)21-25-19-14(3)16(22)6-7-18(19)29-21/h4-11,13H,12H2,1-3H3. The van der Waals surface area contributed by atoms with E-state index in [1.165, 1.54) is 11.3 Å². The van der Waals surface area contributed by atoms with E-state index in [0.717, 1.165) is 21.3 Å². The summed E-state index contributed by atoms with van der Waals surface area (Å²) in [5.41, 5.74) is 3.18. The third kappa shape index (κ3) is 3.75. The Labute approximate surface area is 177 Å². The van der Waals surface area contributed by atoms with Crippen LogP contribution >= 0.6 is 22.9 Å². The first-order chi connectivity index (χ1) is 14.0. The van der Waals surface area contributed by atoms with E-state index < -0.39 is 0 Å². The molecule has 0 fully saturated rings. The predicted octanol–water partition coefficient (Wildman–Crippen LogP) is 5.28. The first-order valence-electron chi connectivity index (χ1n) is 9.25. The predicted molar refractivity (Wildman–Crippen MR) is 117 cm³/mol. The summed E-state index contributed by atoms with van der Waals surface area (Å²) in [5, 5.41) is 5.60. The number of aromatic nitrogens is 4. The summed E-state index contributed by atoms with van der Waals surface area (Å²) in [4.78, 5) is 24.2. The summed E-state index contributed by atoms with van der Waals surface area (Å²) in [6.07, 6.45) is 5.12. The highest BCUT2D eigenvalue weighted by Crippen LogP contribution is 2.34. The van der Waals surface area contributed by atoms with Gasteiger partial charge in [0.05, 0.1) is 16.8 Å². The van der Waals surface area contributed by atoms with Crippen LogP contribution in [0.4, 0.5) is 5.13 Å². The number of halogens is 1. The molecular weight excluding hydrogens is 406 g/mol. The number of thiazole rings is 1. The van der Waals surface area contributed by atoms with Crippen molar-refractivity contribution in [2.45, 2.75) is 33.4 Å². The van der Waals surface area contributed by atoms with Crippen LogP contribution in [0, 0.1) is 6.92 Å². The van der Waals surface area contributed by atoms with Crippen LogP contribution in [-0.4, -0.2) is 25.7 Å². The summed E-state index contributed by atoms with van der Waals surface area (Å²) in [7, 11) is 0. The Bertz CT molecular complexity index is 1170. The zero-order chi connectivity index (χ0) is 20.5. The fraction of sp³-hybridized carbons (Fsp3) is 0.238. The summed E-state index contributed by atoms with van der Waals surface area (Å²) in [6, 6.07) is 9.43. The number of aryl methyl sites for hydroxylation is 1. The largest absolute Gasteiger partial charge is 0.278 e. The van der Waals surface area contributed by atoms with E-state index in [1.807, 2.05) is 45.0 Å². The van der Waals surface area contributed by atoms with Crippen molar-refractivity contribution in [3.05, 3.63) is 70.8 Å². The molecule has 0 unspecified atom stereocenters. The molecule has 1 aromatic carbocycles. The van der Waals surface area contributed by atoms with E-state index in [0.29, 0.717) is 22.4 Å². The number of hydrogen-bond donors (Lipinski definition) is 0. The Kier molecular flexibility index (Phi) is 5.34. The second-order valence-corrected chi connectivity index (χ2v) is 8.44. The molecule has 0 aliphatic carbocycles. The van der Waals surface area contributed by atoms with Crippen LogP contribution in [-0.2, 0) is 6.54 Å². The molecular formula is C21H20ClN5OS. The second-order valence-electron chi connectivity index (χ2n) is 7.02. The van der Waals surface area contributed by atoms with Crippen LogP contribution in [0.2, 0.25) is 5.02 Å². The summed E-state index contributed by atoms with van der Waals surface area (Å²) >= 11 is 7.74. The average molecular weight is 426 g/mol. The number of anilines is 1. The first-order valence-corrected chi connectivity index (χ1v) is 10.4. The molecule has 8 heteroatoms. The maximum Gasteiger partial charge on any atom is 0.278 e. The van der Waals surface area contributed by atoms with Gasteiger partial charge in [0.1, 0.15) is 5.69 Å². The van der Waals surface area contributed by atoms with Crippen LogP contribution in [0.1, 0.15) is 41.5 Å². The van der Waals surface area contributed by atoms with Crippen molar-refractivity contribution in [3.8, 4) is 0 Å². The van der Waals surface area contributed by atoms with E-state index in [4.69, 9.17) is 16.6 Å². The van der Waals surface area contributed by atoms with Crippen molar-refractivity contribution in [1.82, 2.24) is 19.7 Å². The molecule has 4 aromatic rings. The minimum Gasteiger partial charge on any atom is -0.278 e. The van der Waals surface area contributed by atoms with Crippen molar-refractivity contribution >= 4 is 44.2 Å². The van der Waals surface area contributed by atoms with Crippen molar-refractivity contribution < 1.29 is 4.79 Å². The Hall–Kier alpha value is -2.77. The van der Waals surface area contributed by atoms with Crippen molar-refractivity contribution in [2.24, 2.45) is 0 Å². The fourth-order valence-electron chi connectivity index (χ4n) is 3.14.